The van der Waals surface area contributed by atoms with Crippen LogP contribution in [0.2, 0.25) is 10.0 Å². The maximum atomic E-state index is 11.9. The molecule has 102 valence electrons. The average Bonchev–Trinajstić information content (AvgIpc) is 2.39. The first-order valence-electron chi connectivity index (χ1n) is 5.91. The van der Waals surface area contributed by atoms with Gasteiger partial charge in [0.1, 0.15) is 0 Å². The lowest BCUT2D eigenvalue weighted by Crippen LogP contribution is -1.96. The highest BCUT2D eigenvalue weighted by molar-refractivity contribution is 9.10. The summed E-state index contributed by atoms with van der Waals surface area (Å²) in [7, 11) is 0. The van der Waals surface area contributed by atoms with Crippen LogP contribution in [0.25, 0.3) is 11.6 Å². The number of Topliss-reactive ketones (excluding diaryl/α,β-unsaturated/α-hetero) is 1. The zero-order chi connectivity index (χ0) is 14.7. The number of hydrogen-bond acceptors (Lipinski definition) is 1. The molecule has 0 radical (unpaired) electrons. The van der Waals surface area contributed by atoms with Gasteiger partial charge in [0.25, 0.3) is 0 Å². The van der Waals surface area contributed by atoms with Crippen molar-refractivity contribution in [2.45, 2.75) is 6.92 Å². The first kappa shape index (κ1) is 15.3. The first-order chi connectivity index (χ1) is 9.47. The second kappa shape index (κ2) is 6.57. The van der Waals surface area contributed by atoms with Crippen molar-refractivity contribution in [3.63, 3.8) is 0 Å². The smallest absolute Gasteiger partial charge is 0.160 e. The molecule has 0 heterocycles. The number of allylic oxidation sites excluding steroid dienone is 1. The number of rotatable bonds is 3. The first-order valence-corrected chi connectivity index (χ1v) is 7.46. The van der Waals surface area contributed by atoms with E-state index in [1.54, 1.807) is 24.3 Å². The summed E-state index contributed by atoms with van der Waals surface area (Å²) in [6.07, 6.45) is 1.78. The molecule has 0 atom stereocenters. The minimum Gasteiger partial charge on any atom is -0.294 e. The van der Waals surface area contributed by atoms with Crippen LogP contribution < -0.4 is 0 Å². The molecule has 2 aromatic carbocycles. The van der Waals surface area contributed by atoms with Crippen molar-refractivity contribution >= 4 is 56.6 Å². The molecule has 0 saturated carbocycles. The minimum absolute atomic E-state index is 0.0154. The van der Waals surface area contributed by atoms with Gasteiger partial charge in [0, 0.05) is 20.1 Å². The van der Waals surface area contributed by atoms with Crippen molar-refractivity contribution in [2.75, 3.05) is 0 Å². The standard InChI is InChI=1S/C16H11BrCl2O/c1-10(20)15(11-2-5-13(17)6-3-11)8-12-4-7-14(18)9-16(12)19/h2-9H,1H3. The van der Waals surface area contributed by atoms with Crippen LogP contribution >= 0.6 is 39.1 Å². The number of carbonyl (C=O) groups is 1. The topological polar surface area (TPSA) is 17.1 Å². The van der Waals surface area contributed by atoms with E-state index >= 15 is 0 Å². The molecule has 0 unspecified atom stereocenters. The van der Waals surface area contributed by atoms with Crippen LogP contribution in [-0.4, -0.2) is 5.78 Å². The molecule has 0 aliphatic rings. The fourth-order valence-corrected chi connectivity index (χ4v) is 2.52. The monoisotopic (exact) mass is 368 g/mol. The van der Waals surface area contributed by atoms with Crippen LogP contribution in [0.15, 0.2) is 46.9 Å². The van der Waals surface area contributed by atoms with Crippen LogP contribution in [0.5, 0.6) is 0 Å². The van der Waals surface area contributed by atoms with Gasteiger partial charge in [0.05, 0.1) is 0 Å². The second-order valence-corrected chi connectivity index (χ2v) is 6.05. The van der Waals surface area contributed by atoms with Crippen molar-refractivity contribution in [3.8, 4) is 0 Å². The van der Waals surface area contributed by atoms with E-state index in [0.717, 1.165) is 15.6 Å². The SMILES string of the molecule is CC(=O)C(=Cc1ccc(Cl)cc1Cl)c1ccc(Br)cc1. The summed E-state index contributed by atoms with van der Waals surface area (Å²) >= 11 is 15.4. The van der Waals surface area contributed by atoms with Crippen molar-refractivity contribution in [2.24, 2.45) is 0 Å². The van der Waals surface area contributed by atoms with E-state index in [2.05, 4.69) is 15.9 Å². The largest absolute Gasteiger partial charge is 0.294 e. The van der Waals surface area contributed by atoms with Gasteiger partial charge in [-0.05, 0) is 48.4 Å². The molecular formula is C16H11BrCl2O. The Kier molecular flexibility index (Phi) is 5.03. The number of halogens is 3. The molecule has 4 heteroatoms. The van der Waals surface area contributed by atoms with Gasteiger partial charge >= 0.3 is 0 Å². The lowest BCUT2D eigenvalue weighted by molar-refractivity contribution is -0.111. The second-order valence-electron chi connectivity index (χ2n) is 4.29. The van der Waals surface area contributed by atoms with Crippen LogP contribution in [0.4, 0.5) is 0 Å². The molecule has 0 saturated heterocycles. The zero-order valence-corrected chi connectivity index (χ0v) is 13.8. The Balaban J connectivity index is 2.50. The van der Waals surface area contributed by atoms with E-state index in [4.69, 9.17) is 23.2 Å². The molecule has 1 nitrogen and oxygen atoms in total. The molecule has 0 spiro atoms. The Hall–Kier alpha value is -1.09. The van der Waals surface area contributed by atoms with E-state index in [9.17, 15) is 4.79 Å². The number of carbonyl (C=O) groups excluding carboxylic acids is 1. The molecular weight excluding hydrogens is 359 g/mol. The molecule has 0 bridgehead atoms. The van der Waals surface area contributed by atoms with Gasteiger partial charge in [0.2, 0.25) is 0 Å². The third-order valence-corrected chi connectivity index (χ3v) is 3.89. The summed E-state index contributed by atoms with van der Waals surface area (Å²) in [5.41, 5.74) is 2.23. The van der Waals surface area contributed by atoms with Crippen molar-refractivity contribution in [1.82, 2.24) is 0 Å². The van der Waals surface area contributed by atoms with Crippen LogP contribution in [0.3, 0.4) is 0 Å². The van der Waals surface area contributed by atoms with Crippen LogP contribution in [0, 0.1) is 0 Å². The molecule has 2 rings (SSSR count). The summed E-state index contributed by atoms with van der Waals surface area (Å²) < 4.78 is 0.966. The third kappa shape index (κ3) is 3.72. The van der Waals surface area contributed by atoms with E-state index < -0.39 is 0 Å². The Morgan fingerprint density at radius 2 is 1.75 bits per heavy atom. The van der Waals surface area contributed by atoms with Gasteiger partial charge < -0.3 is 0 Å². The highest BCUT2D eigenvalue weighted by Crippen LogP contribution is 2.27. The number of ketones is 1. The fraction of sp³-hybridized carbons (Fsp3) is 0.0625. The van der Waals surface area contributed by atoms with E-state index in [1.807, 2.05) is 24.3 Å². The van der Waals surface area contributed by atoms with Crippen molar-refractivity contribution in [1.29, 1.82) is 0 Å². The molecule has 0 aromatic heterocycles. The molecule has 0 fully saturated rings. The number of benzene rings is 2. The maximum Gasteiger partial charge on any atom is 0.160 e. The van der Waals surface area contributed by atoms with Gasteiger partial charge in [-0.1, -0.05) is 57.3 Å². The van der Waals surface area contributed by atoms with Gasteiger partial charge in [-0.2, -0.15) is 0 Å². The Morgan fingerprint density at radius 1 is 1.10 bits per heavy atom. The predicted octanol–water partition coefficient (Wildman–Crippen LogP) is 5.89. The summed E-state index contributed by atoms with van der Waals surface area (Å²) in [5.74, 6) is -0.0154. The summed E-state index contributed by atoms with van der Waals surface area (Å²) in [5, 5.41) is 1.09. The Morgan fingerprint density at radius 3 is 2.30 bits per heavy atom. The molecule has 2 aromatic rings. The van der Waals surface area contributed by atoms with E-state index in [0.29, 0.717) is 15.6 Å². The van der Waals surface area contributed by atoms with Gasteiger partial charge in [0.15, 0.2) is 5.78 Å². The van der Waals surface area contributed by atoms with Crippen molar-refractivity contribution < 1.29 is 4.79 Å². The molecule has 0 aliphatic carbocycles. The molecule has 20 heavy (non-hydrogen) atoms. The highest BCUT2D eigenvalue weighted by Gasteiger charge is 2.09. The van der Waals surface area contributed by atoms with Crippen LogP contribution in [0.1, 0.15) is 18.1 Å². The lowest BCUT2D eigenvalue weighted by atomic mass is 10.00. The highest BCUT2D eigenvalue weighted by atomic mass is 79.9. The number of hydrogen-bond donors (Lipinski definition) is 0. The summed E-state index contributed by atoms with van der Waals surface area (Å²) in [6, 6.07) is 12.8. The molecule has 0 aliphatic heterocycles. The average molecular weight is 370 g/mol. The quantitative estimate of drug-likeness (QED) is 0.487. The van der Waals surface area contributed by atoms with Gasteiger partial charge in [-0.15, -0.1) is 0 Å². The third-order valence-electron chi connectivity index (χ3n) is 2.80. The minimum atomic E-state index is -0.0154. The Labute approximate surface area is 136 Å². The van der Waals surface area contributed by atoms with Crippen molar-refractivity contribution in [3.05, 3.63) is 68.1 Å². The summed E-state index contributed by atoms with van der Waals surface area (Å²) in [6.45, 7) is 1.54. The maximum absolute atomic E-state index is 11.9. The zero-order valence-electron chi connectivity index (χ0n) is 10.7. The normalized spacial score (nSPS) is 11.5. The predicted molar refractivity (Wildman–Crippen MR) is 89.2 cm³/mol. The van der Waals surface area contributed by atoms with Gasteiger partial charge in [-0.3, -0.25) is 4.79 Å². The van der Waals surface area contributed by atoms with E-state index in [-0.39, 0.29) is 5.78 Å². The Bertz CT molecular complexity index is 675. The van der Waals surface area contributed by atoms with E-state index in [1.165, 1.54) is 6.92 Å². The lowest BCUT2D eigenvalue weighted by Gasteiger charge is -2.06. The van der Waals surface area contributed by atoms with Gasteiger partial charge in [-0.25, -0.2) is 0 Å². The fourth-order valence-electron chi connectivity index (χ4n) is 1.79. The molecule has 0 N–H and O–H groups in total. The summed E-state index contributed by atoms with van der Waals surface area (Å²) in [4.78, 5) is 11.9. The van der Waals surface area contributed by atoms with Crippen LogP contribution in [-0.2, 0) is 4.79 Å². The molecule has 0 amide bonds.